The molecule has 0 heterocycles. The predicted molar refractivity (Wildman–Crippen MR) is 380 cm³/mol. The Morgan fingerprint density at radius 3 is 0.471 bits per heavy atom. The summed E-state index contributed by atoms with van der Waals surface area (Å²) in [5.41, 5.74) is 0. The molecule has 8 atom stereocenters. The van der Waals surface area contributed by atoms with Crippen LogP contribution in [-0.4, -0.2) is 62.9 Å². The molecule has 0 spiro atoms. The van der Waals surface area contributed by atoms with Crippen molar-refractivity contribution in [2.75, 3.05) is 0 Å². The van der Waals surface area contributed by atoms with Crippen LogP contribution in [0.3, 0.4) is 0 Å². The summed E-state index contributed by atoms with van der Waals surface area (Å²) >= 11 is 15.1. The maximum atomic E-state index is 16.4. The van der Waals surface area contributed by atoms with Gasteiger partial charge in [0.2, 0.25) is 0 Å². The van der Waals surface area contributed by atoms with E-state index in [2.05, 4.69) is 111 Å². The molecule has 13 heteroatoms. The van der Waals surface area contributed by atoms with Crippen molar-refractivity contribution in [3.63, 3.8) is 0 Å². The summed E-state index contributed by atoms with van der Waals surface area (Å²) < 4.78 is 22.9. The van der Waals surface area contributed by atoms with E-state index in [0.717, 1.165) is 205 Å². The Hall–Kier alpha value is 0.0787. The molecule has 0 aromatic heterocycles. The van der Waals surface area contributed by atoms with Crippen LogP contribution in [0.4, 0.5) is 0 Å². The molecule has 8 nitrogen and oxygen atoms in total. The van der Waals surface area contributed by atoms with Gasteiger partial charge in [0.05, 0.1) is 0 Å². The summed E-state index contributed by atoms with van der Waals surface area (Å²) in [6, 6.07) is 0. The van der Waals surface area contributed by atoms with E-state index in [1.54, 1.807) is 0 Å². The molecule has 0 radical (unpaired) electrons. The van der Waals surface area contributed by atoms with Gasteiger partial charge in [-0.05, 0) is 0 Å². The zero-order chi connectivity index (χ0) is 64.5. The molecule has 8 unspecified atom stereocenters. The summed E-state index contributed by atoms with van der Waals surface area (Å²) in [5.74, 6) is -1.99. The van der Waals surface area contributed by atoms with E-state index < -0.39 is 62.9 Å². The molecule has 0 aromatic carbocycles. The molecule has 85 heavy (non-hydrogen) atoms. The minimum absolute atomic E-state index is 0.126. The van der Waals surface area contributed by atoms with Gasteiger partial charge in [-0.15, -0.1) is 0 Å². The number of carbonyl (C=O) groups is 4. The molecule has 0 amide bonds. The molecular weight excluding hydrogens is 1240 g/mol. The average Bonchev–Trinajstić information content (AvgIpc) is 3.57. The summed E-state index contributed by atoms with van der Waals surface area (Å²) in [5, 5.41) is 0. The van der Waals surface area contributed by atoms with Crippen molar-refractivity contribution in [3.05, 3.63) is 0 Å². The van der Waals surface area contributed by atoms with E-state index in [-0.39, 0.29) is 47.3 Å². The van der Waals surface area contributed by atoms with Gasteiger partial charge in [-0.2, -0.15) is 0 Å². The molecule has 0 aliphatic rings. The van der Waals surface area contributed by atoms with Crippen LogP contribution in [0.15, 0.2) is 0 Å². The second-order valence-electron chi connectivity index (χ2n) is 27.1. The van der Waals surface area contributed by atoms with Gasteiger partial charge < -0.3 is 0 Å². The standard InChI is InChI=1S/4C18H36O2S.Sn/c4*1-5-9-11-15(7-3)13-18(21,17(19)20)14-16(8-4)12-10-6-2;/h4*15-16,21H,5-14H2,1-4H3,(H,19,20);/q;;;;+4/p-4. The average molecular weight is 1380 g/mol. The molecule has 0 aliphatic heterocycles. The van der Waals surface area contributed by atoms with E-state index in [1.165, 1.54) is 0 Å². The summed E-state index contributed by atoms with van der Waals surface area (Å²) in [6.07, 6.45) is 33.1. The van der Waals surface area contributed by atoms with Crippen LogP contribution in [0.5, 0.6) is 0 Å². The zero-order valence-corrected chi connectivity index (χ0v) is 64.9. The molecule has 504 valence electrons. The molecule has 0 saturated carbocycles. The van der Waals surface area contributed by atoms with Crippen molar-refractivity contribution in [2.45, 2.75) is 387 Å². The van der Waals surface area contributed by atoms with Crippen molar-refractivity contribution >= 4 is 94.4 Å². The van der Waals surface area contributed by atoms with E-state index in [0.29, 0.717) is 51.4 Å². The van der Waals surface area contributed by atoms with Gasteiger partial charge in [0, 0.05) is 0 Å². The first-order valence-corrected chi connectivity index (χ1v) is 42.7. The predicted octanol–water partition coefficient (Wildman–Crippen LogP) is 23.1. The molecular formula is C72H140O8S4Sn. The number of carbonyl (C=O) groups excluding carboxylic acids is 4. The molecule has 0 rings (SSSR count). The Morgan fingerprint density at radius 1 is 0.259 bits per heavy atom. The topological polar surface area (TPSA) is 105 Å². The van der Waals surface area contributed by atoms with Crippen LogP contribution in [0, 0.1) is 47.3 Å². The van der Waals surface area contributed by atoms with Crippen LogP contribution in [0.25, 0.3) is 0 Å². The fourth-order valence-electron chi connectivity index (χ4n) is 13.3. The van der Waals surface area contributed by atoms with Crippen LogP contribution < -0.4 is 0 Å². The third-order valence-electron chi connectivity index (χ3n) is 19.7. The number of hydrogen-bond acceptors (Lipinski definition) is 12. The first-order valence-electron chi connectivity index (χ1n) is 36.3. The first-order chi connectivity index (χ1) is 40.5. The number of unbranched alkanes of at least 4 members (excludes halogenated alkanes) is 8. The molecule has 0 fully saturated rings. The van der Waals surface area contributed by atoms with Gasteiger partial charge in [0.1, 0.15) is 0 Å². The minimum atomic E-state index is -7.03. The van der Waals surface area contributed by atoms with Crippen molar-refractivity contribution in [1.29, 1.82) is 0 Å². The van der Waals surface area contributed by atoms with E-state index in [9.17, 15) is 0 Å². The van der Waals surface area contributed by atoms with Gasteiger partial charge in [0.15, 0.2) is 0 Å². The first kappa shape index (κ1) is 85.1. The summed E-state index contributed by atoms with van der Waals surface area (Å²) in [7, 11) is 0. The van der Waals surface area contributed by atoms with E-state index in [4.69, 9.17) is 62.8 Å². The number of thiol groups is 4. The number of hydrogen-bond donors (Lipinski definition) is 4. The quantitative estimate of drug-likeness (QED) is 0.0353. The van der Waals surface area contributed by atoms with Crippen molar-refractivity contribution in [1.82, 2.24) is 0 Å². The Kier molecular flexibility index (Phi) is 47.9. The maximum absolute atomic E-state index is 16.4. The van der Waals surface area contributed by atoms with Gasteiger partial charge in [-0.25, -0.2) is 0 Å². The molecule has 0 N–H and O–H groups in total. The Balaban J connectivity index is 9.67. The third kappa shape index (κ3) is 32.5. The fourth-order valence-corrected chi connectivity index (χ4v) is 22.1. The van der Waals surface area contributed by atoms with E-state index >= 15 is 19.2 Å². The van der Waals surface area contributed by atoms with E-state index in [1.807, 2.05) is 0 Å². The second kappa shape index (κ2) is 47.9. The van der Waals surface area contributed by atoms with Gasteiger partial charge in [-0.1, -0.05) is 0 Å². The van der Waals surface area contributed by atoms with Crippen LogP contribution in [0.1, 0.15) is 368 Å². The SMILES string of the molecule is CCCCC(CC)CC(S)(CC(CC)CCCC)C(=O)[O][Sn]([O]C(=O)C(S)(CC(CC)CCCC)CC(CC)CCCC)([O]C(=O)C(S)(CC(CC)CCCC)CC(CC)CCCC)[O]C(=O)C(S)(CC(CC)CCCC)CC(CC)CCCC. The summed E-state index contributed by atoms with van der Waals surface area (Å²) in [6.45, 7) is 34.9. The van der Waals surface area contributed by atoms with Crippen molar-refractivity contribution in [3.8, 4) is 0 Å². The summed E-state index contributed by atoms with van der Waals surface area (Å²) in [4.78, 5) is 65.6. The van der Waals surface area contributed by atoms with Crippen molar-refractivity contribution in [2.24, 2.45) is 47.3 Å². The monoisotopic (exact) mass is 1380 g/mol. The number of rotatable bonds is 56. The normalized spacial score (nSPS) is 18.4. The van der Waals surface area contributed by atoms with Crippen LogP contribution in [-0.2, 0) is 31.5 Å². The second-order valence-corrected chi connectivity index (χ2v) is 35.8. The molecule has 0 aromatic rings. The van der Waals surface area contributed by atoms with Gasteiger partial charge in [0.25, 0.3) is 0 Å². The third-order valence-corrected chi connectivity index (χ3v) is 26.9. The van der Waals surface area contributed by atoms with Crippen LogP contribution in [0.2, 0.25) is 0 Å². The Bertz CT molecular complexity index is 1420. The van der Waals surface area contributed by atoms with Gasteiger partial charge in [-0.3, -0.25) is 0 Å². The Morgan fingerprint density at radius 2 is 0.376 bits per heavy atom. The van der Waals surface area contributed by atoms with Crippen LogP contribution >= 0.6 is 50.5 Å². The zero-order valence-electron chi connectivity index (χ0n) is 58.5. The molecule has 0 saturated heterocycles. The van der Waals surface area contributed by atoms with Crippen molar-refractivity contribution < 1.29 is 31.5 Å². The molecule has 0 aliphatic carbocycles. The fraction of sp³-hybridized carbons (Fsp3) is 0.944. The Labute approximate surface area is 555 Å². The molecule has 0 bridgehead atoms. The van der Waals surface area contributed by atoms with Gasteiger partial charge >= 0.3 is 560 Å².